The molecule has 0 radical (unpaired) electrons. The van der Waals surface area contributed by atoms with E-state index in [2.05, 4.69) is 10.6 Å². The summed E-state index contributed by atoms with van der Waals surface area (Å²) < 4.78 is 5.44. The van der Waals surface area contributed by atoms with Gasteiger partial charge in [-0.25, -0.2) is 0 Å². The van der Waals surface area contributed by atoms with E-state index in [0.29, 0.717) is 17.9 Å². The number of benzene rings is 3. The summed E-state index contributed by atoms with van der Waals surface area (Å²) in [7, 11) is 0. The van der Waals surface area contributed by atoms with Gasteiger partial charge in [0.1, 0.15) is 11.4 Å². The molecule has 2 N–H and O–H groups in total. The average molecular weight is 386 g/mol. The Hall–Kier alpha value is -3.86. The Morgan fingerprint density at radius 1 is 0.862 bits per heavy atom. The first-order valence-corrected chi connectivity index (χ1v) is 9.33. The van der Waals surface area contributed by atoms with Crippen LogP contribution in [0.5, 0.6) is 5.75 Å². The van der Waals surface area contributed by atoms with Crippen LogP contribution in [0.4, 0.5) is 5.69 Å². The molecule has 0 unspecified atom stereocenters. The molecular weight excluding hydrogens is 364 g/mol. The van der Waals surface area contributed by atoms with Gasteiger partial charge in [-0.2, -0.15) is 0 Å². The van der Waals surface area contributed by atoms with Crippen molar-refractivity contribution in [3.05, 3.63) is 102 Å². The molecule has 5 nitrogen and oxygen atoms in total. The molecule has 0 heterocycles. The zero-order valence-electron chi connectivity index (χ0n) is 16.1. The summed E-state index contributed by atoms with van der Waals surface area (Å²) in [5.41, 5.74) is 2.02. The largest absolute Gasteiger partial charge is 0.494 e. The van der Waals surface area contributed by atoms with Crippen molar-refractivity contribution in [2.75, 3.05) is 11.9 Å². The Labute approximate surface area is 170 Å². The molecular formula is C24H22N2O3. The van der Waals surface area contributed by atoms with Crippen molar-refractivity contribution in [3.63, 3.8) is 0 Å². The predicted molar refractivity (Wildman–Crippen MR) is 115 cm³/mol. The molecule has 0 spiro atoms. The summed E-state index contributed by atoms with van der Waals surface area (Å²) in [5, 5.41) is 5.52. The van der Waals surface area contributed by atoms with Crippen LogP contribution in [0.15, 0.2) is 90.6 Å². The zero-order valence-corrected chi connectivity index (χ0v) is 16.1. The van der Waals surface area contributed by atoms with Gasteiger partial charge in [0.05, 0.1) is 6.61 Å². The van der Waals surface area contributed by atoms with Gasteiger partial charge in [-0.05, 0) is 55.0 Å². The molecule has 0 aliphatic carbocycles. The molecule has 0 bridgehead atoms. The van der Waals surface area contributed by atoms with Gasteiger partial charge in [-0.1, -0.05) is 48.5 Å². The molecule has 0 aliphatic heterocycles. The van der Waals surface area contributed by atoms with Crippen LogP contribution >= 0.6 is 0 Å². The first kappa shape index (κ1) is 19.9. The number of anilines is 1. The van der Waals surface area contributed by atoms with Crippen LogP contribution in [0.25, 0.3) is 6.08 Å². The average Bonchev–Trinajstić information content (AvgIpc) is 2.76. The van der Waals surface area contributed by atoms with Crippen LogP contribution in [-0.2, 0) is 4.79 Å². The molecule has 0 aliphatic rings. The van der Waals surface area contributed by atoms with Gasteiger partial charge < -0.3 is 15.4 Å². The van der Waals surface area contributed by atoms with E-state index in [1.54, 1.807) is 42.5 Å². The highest BCUT2D eigenvalue weighted by molar-refractivity contribution is 6.10. The molecule has 3 aromatic carbocycles. The van der Waals surface area contributed by atoms with Gasteiger partial charge in [-0.15, -0.1) is 0 Å². The minimum atomic E-state index is -0.408. The third-order valence-corrected chi connectivity index (χ3v) is 4.06. The predicted octanol–water partition coefficient (Wildman–Crippen LogP) is 4.49. The number of nitrogens with one attached hydrogen (secondary N) is 2. The summed E-state index contributed by atoms with van der Waals surface area (Å²) in [6.07, 6.45) is 1.63. The molecule has 3 aromatic rings. The first-order chi connectivity index (χ1) is 14.2. The highest BCUT2D eigenvalue weighted by Crippen LogP contribution is 2.15. The number of hydrogen-bond donors (Lipinski definition) is 2. The van der Waals surface area contributed by atoms with E-state index in [4.69, 9.17) is 4.74 Å². The van der Waals surface area contributed by atoms with Gasteiger partial charge >= 0.3 is 0 Å². The number of hydrogen-bond acceptors (Lipinski definition) is 3. The number of para-hydroxylation sites is 1. The van der Waals surface area contributed by atoms with Crippen LogP contribution < -0.4 is 15.4 Å². The highest BCUT2D eigenvalue weighted by Gasteiger charge is 2.15. The van der Waals surface area contributed by atoms with Crippen molar-refractivity contribution < 1.29 is 14.3 Å². The number of carbonyl (C=O) groups excluding carboxylic acids is 2. The van der Waals surface area contributed by atoms with E-state index < -0.39 is 5.91 Å². The van der Waals surface area contributed by atoms with Crippen LogP contribution in [0.3, 0.4) is 0 Å². The molecule has 3 rings (SSSR count). The molecule has 5 heteroatoms. The molecule has 0 aromatic heterocycles. The van der Waals surface area contributed by atoms with Crippen LogP contribution in [0.1, 0.15) is 22.8 Å². The van der Waals surface area contributed by atoms with Crippen LogP contribution in [0.2, 0.25) is 0 Å². The molecule has 0 saturated carbocycles. The smallest absolute Gasteiger partial charge is 0.272 e. The quantitative estimate of drug-likeness (QED) is 0.588. The monoisotopic (exact) mass is 386 g/mol. The van der Waals surface area contributed by atoms with Crippen LogP contribution in [0, 0.1) is 0 Å². The van der Waals surface area contributed by atoms with Gasteiger partial charge in [-0.3, -0.25) is 9.59 Å². The van der Waals surface area contributed by atoms with Gasteiger partial charge in [0.2, 0.25) is 0 Å². The van der Waals surface area contributed by atoms with Crippen molar-refractivity contribution in [3.8, 4) is 5.75 Å². The van der Waals surface area contributed by atoms with Crippen molar-refractivity contribution in [2.24, 2.45) is 0 Å². The van der Waals surface area contributed by atoms with Crippen molar-refractivity contribution in [2.45, 2.75) is 6.92 Å². The van der Waals surface area contributed by atoms with Crippen molar-refractivity contribution in [1.82, 2.24) is 5.32 Å². The number of ether oxygens (including phenoxy) is 1. The first-order valence-electron chi connectivity index (χ1n) is 9.33. The Morgan fingerprint density at radius 2 is 1.48 bits per heavy atom. The van der Waals surface area contributed by atoms with E-state index in [-0.39, 0.29) is 11.6 Å². The third kappa shape index (κ3) is 5.81. The third-order valence-electron chi connectivity index (χ3n) is 4.06. The Kier molecular flexibility index (Phi) is 6.79. The summed E-state index contributed by atoms with van der Waals surface area (Å²) >= 11 is 0. The fraction of sp³-hybridized carbons (Fsp3) is 0.0833. The summed E-state index contributed by atoms with van der Waals surface area (Å²) in [4.78, 5) is 25.4. The topological polar surface area (TPSA) is 67.4 Å². The maximum absolute atomic E-state index is 12.8. The van der Waals surface area contributed by atoms with Gasteiger partial charge in [0, 0.05) is 11.3 Å². The fourth-order valence-corrected chi connectivity index (χ4v) is 2.66. The van der Waals surface area contributed by atoms with E-state index in [1.165, 1.54) is 0 Å². The van der Waals surface area contributed by atoms with E-state index in [9.17, 15) is 9.59 Å². The van der Waals surface area contributed by atoms with Crippen molar-refractivity contribution in [1.29, 1.82) is 0 Å². The lowest BCUT2D eigenvalue weighted by atomic mass is 10.1. The fourth-order valence-electron chi connectivity index (χ4n) is 2.66. The van der Waals surface area contributed by atoms with E-state index >= 15 is 0 Å². The molecule has 29 heavy (non-hydrogen) atoms. The molecule has 2 amide bonds. The number of rotatable bonds is 7. The summed E-state index contributed by atoms with van der Waals surface area (Å²) in [6, 6.07) is 25.1. The molecule has 0 saturated heterocycles. The lowest BCUT2D eigenvalue weighted by Crippen LogP contribution is -2.30. The SMILES string of the molecule is CCOc1ccc(/C=C(\NC(=O)c2ccccc2)C(=O)Nc2ccccc2)cc1. The Bertz CT molecular complexity index is 982. The maximum Gasteiger partial charge on any atom is 0.272 e. The van der Waals surface area contributed by atoms with Gasteiger partial charge in [0.15, 0.2) is 0 Å². The minimum Gasteiger partial charge on any atom is -0.494 e. The second-order valence-corrected chi connectivity index (χ2v) is 6.20. The maximum atomic E-state index is 12.8. The van der Waals surface area contributed by atoms with E-state index in [0.717, 1.165) is 11.3 Å². The number of amides is 2. The van der Waals surface area contributed by atoms with Crippen LogP contribution in [-0.4, -0.2) is 18.4 Å². The van der Waals surface area contributed by atoms with Crippen molar-refractivity contribution >= 4 is 23.6 Å². The molecule has 146 valence electrons. The zero-order chi connectivity index (χ0) is 20.5. The lowest BCUT2D eigenvalue weighted by Gasteiger charge is -2.11. The molecule has 0 atom stereocenters. The standard InChI is InChI=1S/C24H22N2O3/c1-2-29-21-15-13-18(14-16-21)17-22(24(28)25-20-11-7-4-8-12-20)26-23(27)19-9-5-3-6-10-19/h3-17H,2H2,1H3,(H,25,28)(H,26,27)/b22-17-. The summed E-state index contributed by atoms with van der Waals surface area (Å²) in [5.74, 6) is -0.0198. The second-order valence-electron chi connectivity index (χ2n) is 6.20. The van der Waals surface area contributed by atoms with Gasteiger partial charge in [0.25, 0.3) is 11.8 Å². The Morgan fingerprint density at radius 3 is 2.10 bits per heavy atom. The lowest BCUT2D eigenvalue weighted by molar-refractivity contribution is -0.113. The highest BCUT2D eigenvalue weighted by atomic mass is 16.5. The second kappa shape index (κ2) is 9.90. The Balaban J connectivity index is 1.85. The summed E-state index contributed by atoms with van der Waals surface area (Å²) in [6.45, 7) is 2.49. The minimum absolute atomic E-state index is 0.145. The number of carbonyl (C=O) groups is 2. The molecule has 0 fully saturated rings. The normalized spacial score (nSPS) is 10.9. The van der Waals surface area contributed by atoms with E-state index in [1.807, 2.05) is 55.5 Å².